The summed E-state index contributed by atoms with van der Waals surface area (Å²) in [7, 11) is 0. The molecule has 0 fully saturated rings. The van der Waals surface area contributed by atoms with E-state index < -0.39 is 0 Å². The van der Waals surface area contributed by atoms with E-state index in [1.165, 1.54) is 5.56 Å². The van der Waals surface area contributed by atoms with Crippen molar-refractivity contribution in [2.75, 3.05) is 5.32 Å². The SMILES string of the molecule is CCc1cc(Br)ccc1Nc1ccc(C#N)c(Br)c1. The fourth-order valence-corrected chi connectivity index (χ4v) is 2.69. The molecule has 0 bridgehead atoms. The third-order valence-electron chi connectivity index (χ3n) is 2.82. The van der Waals surface area contributed by atoms with Gasteiger partial charge in [0, 0.05) is 20.3 Å². The molecule has 0 heterocycles. The summed E-state index contributed by atoms with van der Waals surface area (Å²) in [6.45, 7) is 2.13. The Bertz CT molecular complexity index is 645. The molecule has 0 spiro atoms. The zero-order valence-electron chi connectivity index (χ0n) is 10.4. The first kappa shape index (κ1) is 14.1. The summed E-state index contributed by atoms with van der Waals surface area (Å²) in [5.41, 5.74) is 3.93. The third-order valence-corrected chi connectivity index (χ3v) is 3.97. The molecule has 2 aromatic carbocycles. The fraction of sp³-hybridized carbons (Fsp3) is 0.133. The molecular weight excluding hydrogens is 368 g/mol. The molecule has 4 heteroatoms. The van der Waals surface area contributed by atoms with Crippen molar-refractivity contribution >= 4 is 43.2 Å². The fourth-order valence-electron chi connectivity index (χ4n) is 1.82. The lowest BCUT2D eigenvalue weighted by Crippen LogP contribution is -1.95. The number of nitrogens with zero attached hydrogens (tertiary/aromatic N) is 1. The molecule has 1 N–H and O–H groups in total. The predicted octanol–water partition coefficient (Wildman–Crippen LogP) is 5.39. The minimum Gasteiger partial charge on any atom is -0.355 e. The highest BCUT2D eigenvalue weighted by molar-refractivity contribution is 9.10. The second-order valence-corrected chi connectivity index (χ2v) is 5.86. The van der Waals surface area contributed by atoms with Gasteiger partial charge in [-0.25, -0.2) is 0 Å². The van der Waals surface area contributed by atoms with Crippen molar-refractivity contribution in [2.45, 2.75) is 13.3 Å². The van der Waals surface area contributed by atoms with Gasteiger partial charge in [0.1, 0.15) is 6.07 Å². The summed E-state index contributed by atoms with van der Waals surface area (Å²) >= 11 is 6.88. The van der Waals surface area contributed by atoms with Crippen molar-refractivity contribution in [1.82, 2.24) is 0 Å². The number of benzene rings is 2. The molecular formula is C15H12Br2N2. The summed E-state index contributed by atoms with van der Waals surface area (Å²) in [5, 5.41) is 12.3. The van der Waals surface area contributed by atoms with Crippen LogP contribution < -0.4 is 5.32 Å². The van der Waals surface area contributed by atoms with E-state index in [2.05, 4.69) is 62.3 Å². The molecule has 0 unspecified atom stereocenters. The molecule has 0 aliphatic carbocycles. The molecule has 0 amide bonds. The summed E-state index contributed by atoms with van der Waals surface area (Å²) in [6, 6.07) is 13.9. The quantitative estimate of drug-likeness (QED) is 0.775. The Balaban J connectivity index is 2.31. The molecule has 0 saturated heterocycles. The van der Waals surface area contributed by atoms with Gasteiger partial charge in [-0.1, -0.05) is 22.9 Å². The zero-order valence-corrected chi connectivity index (χ0v) is 13.5. The van der Waals surface area contributed by atoms with E-state index in [4.69, 9.17) is 5.26 Å². The van der Waals surface area contributed by atoms with Gasteiger partial charge in [0.2, 0.25) is 0 Å². The summed E-state index contributed by atoms with van der Waals surface area (Å²) < 4.78 is 1.88. The van der Waals surface area contributed by atoms with Crippen LogP contribution in [0, 0.1) is 11.3 Å². The van der Waals surface area contributed by atoms with Crippen LogP contribution in [0.4, 0.5) is 11.4 Å². The Morgan fingerprint density at radius 3 is 2.58 bits per heavy atom. The summed E-state index contributed by atoms with van der Waals surface area (Å²) in [5.74, 6) is 0. The average molecular weight is 380 g/mol. The Morgan fingerprint density at radius 1 is 1.16 bits per heavy atom. The number of rotatable bonds is 3. The van der Waals surface area contributed by atoms with Crippen LogP contribution in [0.5, 0.6) is 0 Å². The molecule has 0 aliphatic rings. The van der Waals surface area contributed by atoms with E-state index in [1.54, 1.807) is 6.07 Å². The maximum Gasteiger partial charge on any atom is 0.100 e. The smallest absolute Gasteiger partial charge is 0.100 e. The van der Waals surface area contributed by atoms with Crippen molar-refractivity contribution in [1.29, 1.82) is 5.26 Å². The third kappa shape index (κ3) is 3.37. The topological polar surface area (TPSA) is 35.8 Å². The Labute approximate surface area is 129 Å². The van der Waals surface area contributed by atoms with Gasteiger partial charge in [-0.15, -0.1) is 0 Å². The van der Waals surface area contributed by atoms with Crippen LogP contribution >= 0.6 is 31.9 Å². The van der Waals surface area contributed by atoms with Crippen LogP contribution in [0.3, 0.4) is 0 Å². The lowest BCUT2D eigenvalue weighted by Gasteiger charge is -2.12. The Hall–Kier alpha value is -1.31. The maximum absolute atomic E-state index is 8.91. The number of hydrogen-bond acceptors (Lipinski definition) is 2. The van der Waals surface area contributed by atoms with Crippen molar-refractivity contribution in [3.05, 3.63) is 56.5 Å². The summed E-state index contributed by atoms with van der Waals surface area (Å²) in [4.78, 5) is 0. The van der Waals surface area contributed by atoms with E-state index in [9.17, 15) is 0 Å². The van der Waals surface area contributed by atoms with E-state index in [-0.39, 0.29) is 0 Å². The first-order chi connectivity index (χ1) is 9.13. The molecule has 2 rings (SSSR count). The number of halogens is 2. The number of aryl methyl sites for hydroxylation is 1. The largest absolute Gasteiger partial charge is 0.355 e. The van der Waals surface area contributed by atoms with Crippen LogP contribution in [0.25, 0.3) is 0 Å². The van der Waals surface area contributed by atoms with Crippen molar-refractivity contribution < 1.29 is 0 Å². The zero-order chi connectivity index (χ0) is 13.8. The first-order valence-electron chi connectivity index (χ1n) is 5.89. The van der Waals surface area contributed by atoms with Crippen LogP contribution in [-0.4, -0.2) is 0 Å². The Kier molecular flexibility index (Phi) is 4.62. The monoisotopic (exact) mass is 378 g/mol. The molecule has 2 aromatic rings. The molecule has 19 heavy (non-hydrogen) atoms. The first-order valence-corrected chi connectivity index (χ1v) is 7.47. The summed E-state index contributed by atoms with van der Waals surface area (Å²) in [6.07, 6.45) is 0.958. The molecule has 2 nitrogen and oxygen atoms in total. The lowest BCUT2D eigenvalue weighted by atomic mass is 10.1. The maximum atomic E-state index is 8.91. The van der Waals surface area contributed by atoms with Gasteiger partial charge in [-0.2, -0.15) is 5.26 Å². The molecule has 0 radical (unpaired) electrons. The Morgan fingerprint density at radius 2 is 1.95 bits per heavy atom. The van der Waals surface area contributed by atoms with Crippen molar-refractivity contribution in [2.24, 2.45) is 0 Å². The van der Waals surface area contributed by atoms with Gasteiger partial charge >= 0.3 is 0 Å². The highest BCUT2D eigenvalue weighted by Gasteiger charge is 2.04. The molecule has 96 valence electrons. The standard InChI is InChI=1S/C15H12Br2N2/c1-2-10-7-12(16)4-6-15(10)19-13-5-3-11(9-18)14(17)8-13/h3-8,19H,2H2,1H3. The van der Waals surface area contributed by atoms with Gasteiger partial charge in [0.05, 0.1) is 5.56 Å². The predicted molar refractivity (Wildman–Crippen MR) is 85.7 cm³/mol. The van der Waals surface area contributed by atoms with Gasteiger partial charge in [-0.3, -0.25) is 0 Å². The van der Waals surface area contributed by atoms with Crippen LogP contribution in [0.15, 0.2) is 45.3 Å². The van der Waals surface area contributed by atoms with E-state index in [1.807, 2.05) is 18.2 Å². The minimum atomic E-state index is 0.636. The highest BCUT2D eigenvalue weighted by Crippen LogP contribution is 2.27. The lowest BCUT2D eigenvalue weighted by molar-refractivity contribution is 1.14. The molecule has 0 saturated carbocycles. The number of anilines is 2. The normalized spacial score (nSPS) is 10.0. The van der Waals surface area contributed by atoms with Gasteiger partial charge in [0.25, 0.3) is 0 Å². The van der Waals surface area contributed by atoms with E-state index >= 15 is 0 Å². The average Bonchev–Trinajstić information content (AvgIpc) is 2.41. The second kappa shape index (κ2) is 6.23. The molecule has 0 aromatic heterocycles. The van der Waals surface area contributed by atoms with E-state index in [0.717, 1.165) is 26.7 Å². The van der Waals surface area contributed by atoms with Gasteiger partial charge in [0.15, 0.2) is 0 Å². The van der Waals surface area contributed by atoms with Crippen molar-refractivity contribution in [3.8, 4) is 6.07 Å². The second-order valence-electron chi connectivity index (χ2n) is 4.09. The molecule has 0 aliphatic heterocycles. The van der Waals surface area contributed by atoms with Gasteiger partial charge in [-0.05, 0) is 64.3 Å². The van der Waals surface area contributed by atoms with E-state index in [0.29, 0.717) is 5.56 Å². The number of nitrogens with one attached hydrogen (secondary N) is 1. The van der Waals surface area contributed by atoms with Crippen LogP contribution in [0.1, 0.15) is 18.1 Å². The van der Waals surface area contributed by atoms with Crippen LogP contribution in [0.2, 0.25) is 0 Å². The molecule has 0 atom stereocenters. The van der Waals surface area contributed by atoms with Gasteiger partial charge < -0.3 is 5.32 Å². The van der Waals surface area contributed by atoms with Crippen molar-refractivity contribution in [3.63, 3.8) is 0 Å². The number of hydrogen-bond donors (Lipinski definition) is 1. The van der Waals surface area contributed by atoms with Crippen LogP contribution in [-0.2, 0) is 6.42 Å². The number of nitriles is 1. The minimum absolute atomic E-state index is 0.636. The highest BCUT2D eigenvalue weighted by atomic mass is 79.9.